The molecule has 1 unspecified atom stereocenters. The van der Waals surface area contributed by atoms with E-state index in [0.717, 1.165) is 12.8 Å². The summed E-state index contributed by atoms with van der Waals surface area (Å²) >= 11 is 0. The van der Waals surface area contributed by atoms with Crippen LogP contribution in [0.3, 0.4) is 0 Å². The Kier molecular flexibility index (Phi) is 6.24. The predicted octanol–water partition coefficient (Wildman–Crippen LogP) is 1.35. The van der Waals surface area contributed by atoms with E-state index in [0.29, 0.717) is 39.1 Å². The summed E-state index contributed by atoms with van der Waals surface area (Å²) in [7, 11) is 0. The Morgan fingerprint density at radius 2 is 1.58 bits per heavy atom. The first-order chi connectivity index (χ1) is 11.4. The van der Waals surface area contributed by atoms with Crippen molar-refractivity contribution in [2.45, 2.75) is 53.0 Å². The van der Waals surface area contributed by atoms with Crippen molar-refractivity contribution < 1.29 is 14.4 Å². The van der Waals surface area contributed by atoms with Crippen LogP contribution in [0.15, 0.2) is 0 Å². The lowest BCUT2D eigenvalue weighted by Gasteiger charge is -2.37. The van der Waals surface area contributed by atoms with Crippen molar-refractivity contribution >= 4 is 17.7 Å². The summed E-state index contributed by atoms with van der Waals surface area (Å²) < 4.78 is 0. The Balaban J connectivity index is 1.87. The van der Waals surface area contributed by atoms with Gasteiger partial charge in [-0.3, -0.25) is 14.4 Å². The lowest BCUT2D eigenvalue weighted by Crippen LogP contribution is -2.53. The highest BCUT2D eigenvalue weighted by Gasteiger charge is 2.38. The molecule has 0 bridgehead atoms. The van der Waals surface area contributed by atoms with E-state index in [1.807, 2.05) is 37.5 Å². The summed E-state index contributed by atoms with van der Waals surface area (Å²) in [6.45, 7) is 11.0. The second kappa shape index (κ2) is 7.99. The zero-order valence-electron chi connectivity index (χ0n) is 15.5. The van der Waals surface area contributed by atoms with E-state index in [-0.39, 0.29) is 35.6 Å². The molecule has 0 spiro atoms. The van der Waals surface area contributed by atoms with Gasteiger partial charge in [-0.1, -0.05) is 13.8 Å². The summed E-state index contributed by atoms with van der Waals surface area (Å²) in [6, 6.07) is 0.143. The minimum atomic E-state index is -0.221. The van der Waals surface area contributed by atoms with Crippen molar-refractivity contribution in [3.8, 4) is 0 Å². The van der Waals surface area contributed by atoms with Crippen LogP contribution in [0.4, 0.5) is 0 Å². The lowest BCUT2D eigenvalue weighted by atomic mass is 10.0. The van der Waals surface area contributed by atoms with Crippen molar-refractivity contribution in [1.82, 2.24) is 14.7 Å². The minimum absolute atomic E-state index is 0.0705. The third kappa shape index (κ3) is 3.90. The van der Waals surface area contributed by atoms with Gasteiger partial charge in [0, 0.05) is 51.1 Å². The Hall–Kier alpha value is -1.59. The van der Waals surface area contributed by atoms with Crippen LogP contribution < -0.4 is 0 Å². The zero-order chi connectivity index (χ0) is 17.9. The van der Waals surface area contributed by atoms with Gasteiger partial charge in [-0.2, -0.15) is 0 Å². The number of rotatable bonds is 5. The van der Waals surface area contributed by atoms with Crippen LogP contribution in [0.1, 0.15) is 47.0 Å². The first-order valence-corrected chi connectivity index (χ1v) is 9.26. The van der Waals surface area contributed by atoms with E-state index < -0.39 is 0 Å². The molecule has 136 valence electrons. The summed E-state index contributed by atoms with van der Waals surface area (Å²) in [5, 5.41) is 0. The average molecular weight is 337 g/mol. The number of amides is 3. The van der Waals surface area contributed by atoms with Crippen molar-refractivity contribution in [3.63, 3.8) is 0 Å². The number of likely N-dealkylation sites (tertiary alicyclic amines) is 1. The number of piperazine rings is 1. The number of hydrogen-bond donors (Lipinski definition) is 0. The van der Waals surface area contributed by atoms with Gasteiger partial charge in [0.1, 0.15) is 0 Å². The molecule has 2 fully saturated rings. The molecule has 0 aromatic heterocycles. The van der Waals surface area contributed by atoms with Crippen LogP contribution in [0.2, 0.25) is 0 Å². The maximum Gasteiger partial charge on any atom is 0.228 e. The molecule has 3 amide bonds. The highest BCUT2D eigenvalue weighted by atomic mass is 16.2. The highest BCUT2D eigenvalue weighted by molar-refractivity contribution is 5.89. The van der Waals surface area contributed by atoms with Crippen LogP contribution in [-0.4, -0.2) is 71.2 Å². The molecule has 2 rings (SSSR count). The fourth-order valence-electron chi connectivity index (χ4n) is 3.70. The standard InChI is InChI=1S/C18H31N3O3/c1-5-14(6-2)17(23)19-7-9-20(10-8-19)18(24)15-11-16(22)21(12-15)13(3)4/h13-15H,5-12H2,1-4H3. The Morgan fingerprint density at radius 3 is 2.04 bits per heavy atom. The molecule has 2 saturated heterocycles. The van der Waals surface area contributed by atoms with Gasteiger partial charge >= 0.3 is 0 Å². The number of hydrogen-bond acceptors (Lipinski definition) is 3. The van der Waals surface area contributed by atoms with Crippen LogP contribution in [0.25, 0.3) is 0 Å². The molecule has 24 heavy (non-hydrogen) atoms. The first-order valence-electron chi connectivity index (χ1n) is 9.26. The molecule has 0 aliphatic carbocycles. The Labute approximate surface area is 145 Å². The molecule has 6 nitrogen and oxygen atoms in total. The smallest absolute Gasteiger partial charge is 0.228 e. The highest BCUT2D eigenvalue weighted by Crippen LogP contribution is 2.23. The molecule has 0 radical (unpaired) electrons. The molecule has 2 aliphatic rings. The van der Waals surface area contributed by atoms with E-state index in [1.165, 1.54) is 0 Å². The number of carbonyl (C=O) groups is 3. The summed E-state index contributed by atoms with van der Waals surface area (Å²) in [5.74, 6) is 0.238. The molecular weight excluding hydrogens is 306 g/mol. The maximum absolute atomic E-state index is 12.7. The molecular formula is C18H31N3O3. The molecule has 0 aromatic carbocycles. The van der Waals surface area contributed by atoms with E-state index in [2.05, 4.69) is 0 Å². The Bertz CT molecular complexity index is 480. The largest absolute Gasteiger partial charge is 0.339 e. The van der Waals surface area contributed by atoms with Gasteiger partial charge in [0.2, 0.25) is 17.7 Å². The molecule has 0 saturated carbocycles. The summed E-state index contributed by atoms with van der Waals surface area (Å²) in [5.41, 5.74) is 0. The van der Waals surface area contributed by atoms with Crippen molar-refractivity contribution in [3.05, 3.63) is 0 Å². The van der Waals surface area contributed by atoms with Gasteiger partial charge in [-0.25, -0.2) is 0 Å². The SMILES string of the molecule is CCC(CC)C(=O)N1CCN(C(=O)C2CC(=O)N(C(C)C)C2)CC1. The van der Waals surface area contributed by atoms with E-state index >= 15 is 0 Å². The topological polar surface area (TPSA) is 60.9 Å². The summed E-state index contributed by atoms with van der Waals surface area (Å²) in [4.78, 5) is 42.6. The molecule has 0 aromatic rings. The molecule has 2 heterocycles. The first kappa shape index (κ1) is 18.7. The quantitative estimate of drug-likeness (QED) is 0.761. The monoisotopic (exact) mass is 337 g/mol. The van der Waals surface area contributed by atoms with Gasteiger partial charge in [0.25, 0.3) is 0 Å². The summed E-state index contributed by atoms with van der Waals surface area (Å²) in [6.07, 6.45) is 2.05. The minimum Gasteiger partial charge on any atom is -0.339 e. The number of carbonyl (C=O) groups excluding carboxylic acids is 3. The Morgan fingerprint density at radius 1 is 1.04 bits per heavy atom. The molecule has 6 heteroatoms. The van der Waals surface area contributed by atoms with Gasteiger partial charge in [-0.15, -0.1) is 0 Å². The van der Waals surface area contributed by atoms with Gasteiger partial charge in [0.15, 0.2) is 0 Å². The van der Waals surface area contributed by atoms with Crippen molar-refractivity contribution in [2.75, 3.05) is 32.7 Å². The van der Waals surface area contributed by atoms with Crippen molar-refractivity contribution in [1.29, 1.82) is 0 Å². The second-order valence-corrected chi connectivity index (χ2v) is 7.20. The van der Waals surface area contributed by atoms with Gasteiger partial charge < -0.3 is 14.7 Å². The fourth-order valence-corrected chi connectivity index (χ4v) is 3.70. The average Bonchev–Trinajstić information content (AvgIpc) is 2.97. The molecule has 2 aliphatic heterocycles. The number of nitrogens with zero attached hydrogens (tertiary/aromatic N) is 3. The maximum atomic E-state index is 12.7. The predicted molar refractivity (Wildman–Crippen MR) is 92.2 cm³/mol. The molecule has 1 atom stereocenters. The van der Waals surface area contributed by atoms with Gasteiger partial charge in [0.05, 0.1) is 5.92 Å². The van der Waals surface area contributed by atoms with Crippen LogP contribution in [0, 0.1) is 11.8 Å². The van der Waals surface area contributed by atoms with Crippen LogP contribution in [0.5, 0.6) is 0 Å². The normalized spacial score (nSPS) is 22.0. The molecule has 0 N–H and O–H groups in total. The second-order valence-electron chi connectivity index (χ2n) is 7.20. The third-order valence-corrected chi connectivity index (χ3v) is 5.37. The lowest BCUT2D eigenvalue weighted by molar-refractivity contribution is -0.144. The van der Waals surface area contributed by atoms with E-state index in [4.69, 9.17) is 0 Å². The zero-order valence-corrected chi connectivity index (χ0v) is 15.5. The van der Waals surface area contributed by atoms with E-state index in [9.17, 15) is 14.4 Å². The van der Waals surface area contributed by atoms with Crippen LogP contribution in [-0.2, 0) is 14.4 Å². The van der Waals surface area contributed by atoms with Crippen LogP contribution >= 0.6 is 0 Å². The fraction of sp³-hybridized carbons (Fsp3) is 0.833. The third-order valence-electron chi connectivity index (χ3n) is 5.37. The van der Waals surface area contributed by atoms with E-state index in [1.54, 1.807) is 4.90 Å². The van der Waals surface area contributed by atoms with Gasteiger partial charge in [-0.05, 0) is 26.7 Å². The van der Waals surface area contributed by atoms with Crippen molar-refractivity contribution in [2.24, 2.45) is 11.8 Å².